The summed E-state index contributed by atoms with van der Waals surface area (Å²) in [6.45, 7) is 0.112. The second-order valence-electron chi connectivity index (χ2n) is 8.06. The summed E-state index contributed by atoms with van der Waals surface area (Å²) in [4.78, 5) is 27.7. The fourth-order valence-electron chi connectivity index (χ4n) is 3.64. The first-order chi connectivity index (χ1) is 17.9. The molecular formula is C27H23Cl2FN4O3. The molecule has 190 valence electrons. The molecule has 4 aromatic rings. The van der Waals surface area contributed by atoms with Crippen molar-refractivity contribution in [1.29, 1.82) is 0 Å². The largest absolute Gasteiger partial charge is 0.383 e. The summed E-state index contributed by atoms with van der Waals surface area (Å²) in [7, 11) is 1.50. The average Bonchev–Trinajstić information content (AvgIpc) is 3.30. The van der Waals surface area contributed by atoms with E-state index in [0.717, 1.165) is 5.56 Å². The van der Waals surface area contributed by atoms with E-state index in [4.69, 9.17) is 27.9 Å². The second kappa shape index (κ2) is 12.0. The van der Waals surface area contributed by atoms with Crippen LogP contribution in [-0.2, 0) is 9.53 Å². The number of nitrogens with zero attached hydrogens (tertiary/aromatic N) is 3. The van der Waals surface area contributed by atoms with Gasteiger partial charge in [-0.25, -0.2) is 9.07 Å². The molecule has 0 radical (unpaired) electrons. The first-order valence-electron chi connectivity index (χ1n) is 11.3. The Morgan fingerprint density at radius 3 is 2.43 bits per heavy atom. The summed E-state index contributed by atoms with van der Waals surface area (Å²) in [6, 6.07) is 21.4. The van der Waals surface area contributed by atoms with Crippen molar-refractivity contribution in [2.24, 2.45) is 0 Å². The SMILES string of the molecule is COCCN(CC(=O)Nc1cc(-c2ccccc2)nn1-c1ccc(F)cc1)C(=O)c1ccc(Cl)cc1Cl. The number of methoxy groups -OCH3 is 1. The van der Waals surface area contributed by atoms with Crippen molar-refractivity contribution in [3.8, 4) is 16.9 Å². The number of nitrogens with one attached hydrogen (secondary N) is 1. The Balaban J connectivity index is 1.60. The van der Waals surface area contributed by atoms with Gasteiger partial charge in [0.1, 0.15) is 18.2 Å². The minimum Gasteiger partial charge on any atom is -0.383 e. The molecule has 0 aliphatic heterocycles. The zero-order valence-corrected chi connectivity index (χ0v) is 21.3. The van der Waals surface area contributed by atoms with Gasteiger partial charge in [-0.1, -0.05) is 53.5 Å². The molecule has 0 aliphatic rings. The number of hydrogen-bond acceptors (Lipinski definition) is 4. The smallest absolute Gasteiger partial charge is 0.255 e. The van der Waals surface area contributed by atoms with E-state index in [0.29, 0.717) is 22.2 Å². The Kier molecular flexibility index (Phi) is 8.55. The third kappa shape index (κ3) is 6.54. The number of carbonyl (C=O) groups is 2. The quantitative estimate of drug-likeness (QED) is 0.295. The molecule has 10 heteroatoms. The van der Waals surface area contributed by atoms with Crippen molar-refractivity contribution in [3.63, 3.8) is 0 Å². The Bertz CT molecular complexity index is 1390. The molecule has 0 spiro atoms. The van der Waals surface area contributed by atoms with Gasteiger partial charge in [-0.3, -0.25) is 9.59 Å². The van der Waals surface area contributed by atoms with Gasteiger partial charge in [0.15, 0.2) is 0 Å². The molecule has 0 saturated carbocycles. The number of aromatic nitrogens is 2. The number of hydrogen-bond donors (Lipinski definition) is 1. The fraction of sp³-hybridized carbons (Fsp3) is 0.148. The zero-order chi connectivity index (χ0) is 26.4. The zero-order valence-electron chi connectivity index (χ0n) is 19.8. The second-order valence-corrected chi connectivity index (χ2v) is 8.90. The Hall–Kier alpha value is -3.72. The monoisotopic (exact) mass is 540 g/mol. The minimum atomic E-state index is -0.461. The Labute approximate surface area is 223 Å². The van der Waals surface area contributed by atoms with Crippen LogP contribution in [0.4, 0.5) is 10.2 Å². The third-order valence-electron chi connectivity index (χ3n) is 5.47. The van der Waals surface area contributed by atoms with Gasteiger partial charge in [-0.2, -0.15) is 5.10 Å². The fourth-order valence-corrected chi connectivity index (χ4v) is 4.13. The van der Waals surface area contributed by atoms with E-state index in [2.05, 4.69) is 10.4 Å². The number of halogens is 3. The van der Waals surface area contributed by atoms with Crippen molar-refractivity contribution in [3.05, 3.63) is 100 Å². The van der Waals surface area contributed by atoms with Crippen LogP contribution in [-0.4, -0.2) is 53.3 Å². The highest BCUT2D eigenvalue weighted by molar-refractivity contribution is 6.36. The molecule has 0 saturated heterocycles. The summed E-state index contributed by atoms with van der Waals surface area (Å²) in [5.74, 6) is -0.930. The van der Waals surface area contributed by atoms with Gasteiger partial charge < -0.3 is 15.0 Å². The van der Waals surface area contributed by atoms with Crippen molar-refractivity contribution in [2.75, 3.05) is 32.1 Å². The van der Waals surface area contributed by atoms with Crippen molar-refractivity contribution < 1.29 is 18.7 Å². The summed E-state index contributed by atoms with van der Waals surface area (Å²) in [6.07, 6.45) is 0. The van der Waals surface area contributed by atoms with Gasteiger partial charge in [0.25, 0.3) is 5.91 Å². The number of ether oxygens (including phenoxy) is 1. The van der Waals surface area contributed by atoms with Gasteiger partial charge in [0.2, 0.25) is 5.91 Å². The van der Waals surface area contributed by atoms with Crippen LogP contribution < -0.4 is 5.32 Å². The van der Waals surface area contributed by atoms with Gasteiger partial charge in [0, 0.05) is 30.3 Å². The maximum atomic E-state index is 13.5. The molecule has 0 unspecified atom stereocenters. The van der Waals surface area contributed by atoms with Gasteiger partial charge in [-0.05, 0) is 42.5 Å². The van der Waals surface area contributed by atoms with Crippen molar-refractivity contribution in [1.82, 2.24) is 14.7 Å². The number of rotatable bonds is 9. The molecule has 3 aromatic carbocycles. The molecule has 7 nitrogen and oxygen atoms in total. The lowest BCUT2D eigenvalue weighted by molar-refractivity contribution is -0.117. The molecule has 2 amide bonds. The summed E-state index contributed by atoms with van der Waals surface area (Å²) in [5, 5.41) is 8.02. The lowest BCUT2D eigenvalue weighted by Crippen LogP contribution is -2.40. The highest BCUT2D eigenvalue weighted by Crippen LogP contribution is 2.26. The van der Waals surface area contributed by atoms with Crippen LogP contribution in [0.5, 0.6) is 0 Å². The first-order valence-corrected chi connectivity index (χ1v) is 12.1. The van der Waals surface area contributed by atoms with Crippen LogP contribution >= 0.6 is 23.2 Å². The van der Waals surface area contributed by atoms with Gasteiger partial charge in [0.05, 0.1) is 28.6 Å². The number of benzene rings is 3. The predicted molar refractivity (Wildman–Crippen MR) is 142 cm³/mol. The third-order valence-corrected chi connectivity index (χ3v) is 6.01. The molecule has 1 heterocycles. The molecule has 0 bridgehead atoms. The lowest BCUT2D eigenvalue weighted by atomic mass is 10.1. The van der Waals surface area contributed by atoms with E-state index >= 15 is 0 Å². The normalized spacial score (nSPS) is 10.8. The van der Waals surface area contributed by atoms with Gasteiger partial charge >= 0.3 is 0 Å². The van der Waals surface area contributed by atoms with Gasteiger partial charge in [-0.15, -0.1) is 0 Å². The van der Waals surface area contributed by atoms with Crippen LogP contribution in [0, 0.1) is 5.82 Å². The highest BCUT2D eigenvalue weighted by Gasteiger charge is 2.22. The van der Waals surface area contributed by atoms with E-state index in [1.807, 2.05) is 30.3 Å². The van der Waals surface area contributed by atoms with E-state index < -0.39 is 17.6 Å². The van der Waals surface area contributed by atoms with E-state index in [9.17, 15) is 14.0 Å². The Morgan fingerprint density at radius 2 is 1.76 bits per heavy atom. The minimum absolute atomic E-state index is 0.161. The standard InChI is InChI=1S/C27H23Cl2FN4O3/c1-37-14-13-33(27(36)22-12-7-19(28)15-23(22)29)17-26(35)31-25-16-24(18-5-3-2-4-6-18)32-34(25)21-10-8-20(30)9-11-21/h2-12,15-16H,13-14,17H2,1H3,(H,31,35). The summed E-state index contributed by atoms with van der Waals surface area (Å²) >= 11 is 12.2. The van der Waals surface area contributed by atoms with Crippen LogP contribution in [0.2, 0.25) is 10.0 Å². The van der Waals surface area contributed by atoms with E-state index in [-0.39, 0.29) is 30.3 Å². The number of carbonyl (C=O) groups excluding carboxylic acids is 2. The van der Waals surface area contributed by atoms with Crippen molar-refractivity contribution in [2.45, 2.75) is 0 Å². The molecule has 1 aromatic heterocycles. The molecular weight excluding hydrogens is 518 g/mol. The summed E-state index contributed by atoms with van der Waals surface area (Å²) in [5.41, 5.74) is 2.23. The highest BCUT2D eigenvalue weighted by atomic mass is 35.5. The number of anilines is 1. The maximum absolute atomic E-state index is 13.5. The predicted octanol–water partition coefficient (Wildman–Crippen LogP) is 5.71. The molecule has 0 aliphatic carbocycles. The average molecular weight is 541 g/mol. The van der Waals surface area contributed by atoms with Crippen LogP contribution in [0.1, 0.15) is 10.4 Å². The number of amides is 2. The lowest BCUT2D eigenvalue weighted by Gasteiger charge is -2.22. The maximum Gasteiger partial charge on any atom is 0.255 e. The van der Waals surface area contributed by atoms with Crippen LogP contribution in [0.3, 0.4) is 0 Å². The van der Waals surface area contributed by atoms with Crippen LogP contribution in [0.25, 0.3) is 16.9 Å². The van der Waals surface area contributed by atoms with Crippen molar-refractivity contribution >= 4 is 40.8 Å². The van der Waals surface area contributed by atoms with E-state index in [1.165, 1.54) is 41.0 Å². The van der Waals surface area contributed by atoms with E-state index in [1.54, 1.807) is 24.3 Å². The van der Waals surface area contributed by atoms with Crippen LogP contribution in [0.15, 0.2) is 78.9 Å². The molecule has 0 atom stereocenters. The Morgan fingerprint density at radius 1 is 1.03 bits per heavy atom. The molecule has 1 N–H and O–H groups in total. The topological polar surface area (TPSA) is 76.5 Å². The first kappa shape index (κ1) is 26.3. The molecule has 0 fully saturated rings. The summed E-state index contributed by atoms with van der Waals surface area (Å²) < 4.78 is 20.2. The molecule has 37 heavy (non-hydrogen) atoms. The molecule has 4 rings (SSSR count).